The SMILES string of the molecule is CCN(CCO)CCN(CC)C(=O)c1ccc(N/C(=C2\C(=O)Nc3cc(C(=O)OC)c(C)cc32)c2ccccc2)cc1. The summed E-state index contributed by atoms with van der Waals surface area (Å²) in [6, 6.07) is 20.2. The molecule has 4 rings (SSSR count). The fraction of sp³-hybridized carbons (Fsp3) is 0.303. The zero-order valence-corrected chi connectivity index (χ0v) is 24.6. The van der Waals surface area contributed by atoms with Gasteiger partial charge in [-0.3, -0.25) is 14.5 Å². The minimum absolute atomic E-state index is 0.0632. The Hall–Kier alpha value is -4.47. The number of carbonyl (C=O) groups excluding carboxylic acids is 3. The van der Waals surface area contributed by atoms with Crippen molar-refractivity contribution in [1.82, 2.24) is 9.80 Å². The molecule has 0 atom stereocenters. The van der Waals surface area contributed by atoms with Crippen molar-refractivity contribution in [2.75, 3.05) is 57.1 Å². The van der Waals surface area contributed by atoms with Crippen LogP contribution in [0.3, 0.4) is 0 Å². The van der Waals surface area contributed by atoms with E-state index < -0.39 is 5.97 Å². The van der Waals surface area contributed by atoms with E-state index in [0.29, 0.717) is 71.1 Å². The molecule has 0 unspecified atom stereocenters. The smallest absolute Gasteiger partial charge is 0.338 e. The van der Waals surface area contributed by atoms with E-state index in [2.05, 4.69) is 15.5 Å². The molecule has 3 N–H and O–H groups in total. The van der Waals surface area contributed by atoms with Crippen LogP contribution in [-0.4, -0.2) is 79.1 Å². The van der Waals surface area contributed by atoms with Gasteiger partial charge in [0.2, 0.25) is 0 Å². The summed E-state index contributed by atoms with van der Waals surface area (Å²) in [5, 5.41) is 15.6. The molecule has 1 aliphatic heterocycles. The number of esters is 1. The van der Waals surface area contributed by atoms with Crippen LogP contribution in [0.5, 0.6) is 0 Å². The predicted octanol–water partition coefficient (Wildman–Crippen LogP) is 4.49. The Morgan fingerprint density at radius 1 is 0.929 bits per heavy atom. The summed E-state index contributed by atoms with van der Waals surface area (Å²) in [7, 11) is 1.33. The molecule has 9 nitrogen and oxygen atoms in total. The van der Waals surface area contributed by atoms with Gasteiger partial charge in [0, 0.05) is 43.0 Å². The average Bonchev–Trinajstić information content (AvgIpc) is 3.33. The molecule has 3 aromatic rings. The fourth-order valence-electron chi connectivity index (χ4n) is 5.05. The lowest BCUT2D eigenvalue weighted by atomic mass is 9.96. The zero-order valence-electron chi connectivity index (χ0n) is 24.6. The first-order valence-corrected chi connectivity index (χ1v) is 14.1. The first kappa shape index (κ1) is 30.5. The zero-order chi connectivity index (χ0) is 30.2. The second-order valence-electron chi connectivity index (χ2n) is 10.0. The van der Waals surface area contributed by atoms with Crippen LogP contribution >= 0.6 is 0 Å². The molecule has 42 heavy (non-hydrogen) atoms. The number of likely N-dealkylation sites (N-methyl/N-ethyl adjacent to an activating group) is 2. The number of anilines is 2. The third-order valence-electron chi connectivity index (χ3n) is 7.45. The van der Waals surface area contributed by atoms with E-state index in [1.807, 2.05) is 69.3 Å². The van der Waals surface area contributed by atoms with Crippen LogP contribution in [0, 0.1) is 6.92 Å². The van der Waals surface area contributed by atoms with Crippen molar-refractivity contribution < 1.29 is 24.2 Å². The van der Waals surface area contributed by atoms with E-state index in [1.54, 1.807) is 23.1 Å². The van der Waals surface area contributed by atoms with Crippen molar-refractivity contribution in [3.05, 3.63) is 94.5 Å². The molecule has 3 aromatic carbocycles. The second-order valence-corrected chi connectivity index (χ2v) is 10.0. The van der Waals surface area contributed by atoms with Gasteiger partial charge in [-0.2, -0.15) is 0 Å². The summed E-state index contributed by atoms with van der Waals surface area (Å²) in [5.41, 5.74) is 5.47. The summed E-state index contributed by atoms with van der Waals surface area (Å²) in [6.45, 7) is 9.10. The van der Waals surface area contributed by atoms with Crippen molar-refractivity contribution in [3.8, 4) is 0 Å². The second kappa shape index (κ2) is 13.9. The van der Waals surface area contributed by atoms with Gasteiger partial charge in [-0.05, 0) is 67.9 Å². The highest BCUT2D eigenvalue weighted by molar-refractivity contribution is 6.37. The molecule has 0 aromatic heterocycles. The Labute approximate surface area is 246 Å². The molecule has 0 saturated carbocycles. The van der Waals surface area contributed by atoms with Crippen LogP contribution in [0.4, 0.5) is 11.4 Å². The number of amides is 2. The molecule has 0 fully saturated rings. The van der Waals surface area contributed by atoms with Gasteiger partial charge in [-0.1, -0.05) is 37.3 Å². The van der Waals surface area contributed by atoms with Gasteiger partial charge in [0.25, 0.3) is 11.8 Å². The third kappa shape index (κ3) is 6.70. The highest BCUT2D eigenvalue weighted by atomic mass is 16.5. The largest absolute Gasteiger partial charge is 0.465 e. The molecule has 220 valence electrons. The molecule has 2 amide bonds. The summed E-state index contributed by atoms with van der Waals surface area (Å²) in [6.07, 6.45) is 0. The quantitative estimate of drug-likeness (QED) is 0.217. The monoisotopic (exact) mass is 570 g/mol. The lowest BCUT2D eigenvalue weighted by Crippen LogP contribution is -2.39. The Morgan fingerprint density at radius 2 is 1.64 bits per heavy atom. The number of aryl methyl sites for hydroxylation is 1. The van der Waals surface area contributed by atoms with Gasteiger partial charge < -0.3 is 25.4 Å². The fourth-order valence-corrected chi connectivity index (χ4v) is 5.05. The van der Waals surface area contributed by atoms with Crippen LogP contribution in [0.15, 0.2) is 66.7 Å². The van der Waals surface area contributed by atoms with Gasteiger partial charge >= 0.3 is 5.97 Å². The summed E-state index contributed by atoms with van der Waals surface area (Å²) in [5.74, 6) is -0.815. The highest BCUT2D eigenvalue weighted by Gasteiger charge is 2.30. The van der Waals surface area contributed by atoms with Gasteiger partial charge in [-0.15, -0.1) is 0 Å². The number of methoxy groups -OCH3 is 1. The number of nitrogens with zero attached hydrogens (tertiary/aromatic N) is 2. The van der Waals surface area contributed by atoms with Gasteiger partial charge in [0.1, 0.15) is 0 Å². The number of aliphatic hydroxyl groups is 1. The number of benzene rings is 3. The number of hydrogen-bond donors (Lipinski definition) is 3. The average molecular weight is 571 g/mol. The lowest BCUT2D eigenvalue weighted by molar-refractivity contribution is -0.110. The van der Waals surface area contributed by atoms with Crippen LogP contribution in [0.25, 0.3) is 11.3 Å². The Bertz CT molecular complexity index is 1470. The number of fused-ring (bicyclic) bond motifs is 1. The summed E-state index contributed by atoms with van der Waals surface area (Å²) in [4.78, 5) is 42.7. The van der Waals surface area contributed by atoms with Crippen LogP contribution < -0.4 is 10.6 Å². The number of carbonyl (C=O) groups is 3. The van der Waals surface area contributed by atoms with E-state index >= 15 is 0 Å². The van der Waals surface area contributed by atoms with Crippen LogP contribution in [0.2, 0.25) is 0 Å². The minimum Gasteiger partial charge on any atom is -0.465 e. The molecule has 1 aliphatic rings. The van der Waals surface area contributed by atoms with Crippen molar-refractivity contribution >= 4 is 40.4 Å². The summed E-state index contributed by atoms with van der Waals surface area (Å²) >= 11 is 0. The molecule has 9 heteroatoms. The molecule has 0 saturated heterocycles. The maximum Gasteiger partial charge on any atom is 0.338 e. The number of rotatable bonds is 12. The van der Waals surface area contributed by atoms with Gasteiger partial charge in [-0.25, -0.2) is 4.79 Å². The maximum absolute atomic E-state index is 13.3. The van der Waals surface area contributed by atoms with Crippen molar-refractivity contribution in [1.29, 1.82) is 0 Å². The van der Waals surface area contributed by atoms with Crippen molar-refractivity contribution in [2.24, 2.45) is 0 Å². The molecule has 1 heterocycles. The number of hydrogen-bond acceptors (Lipinski definition) is 7. The van der Waals surface area contributed by atoms with E-state index in [9.17, 15) is 19.5 Å². The van der Waals surface area contributed by atoms with Gasteiger partial charge in [0.15, 0.2) is 0 Å². The Balaban J connectivity index is 1.64. The number of nitrogens with one attached hydrogen (secondary N) is 2. The summed E-state index contributed by atoms with van der Waals surface area (Å²) < 4.78 is 4.90. The van der Waals surface area contributed by atoms with E-state index in [4.69, 9.17) is 4.74 Å². The van der Waals surface area contributed by atoms with Crippen molar-refractivity contribution in [2.45, 2.75) is 20.8 Å². The number of ether oxygens (including phenoxy) is 1. The third-order valence-corrected chi connectivity index (χ3v) is 7.45. The lowest BCUT2D eigenvalue weighted by Gasteiger charge is -2.26. The standard InChI is InChI=1S/C33H38N4O5/c1-5-36(18-19-38)16-17-37(6-2)32(40)24-12-14-25(15-13-24)34-30(23-10-8-7-9-11-23)29-27-20-22(3)26(33(41)42-4)21-28(27)35-31(29)39/h7-15,20-21,34,38H,5-6,16-19H2,1-4H3,(H,35,39)/b30-29-. The molecule has 0 bridgehead atoms. The highest BCUT2D eigenvalue weighted by Crippen LogP contribution is 2.39. The topological polar surface area (TPSA) is 111 Å². The molecule has 0 spiro atoms. The molecule has 0 aliphatic carbocycles. The first-order chi connectivity index (χ1) is 20.3. The van der Waals surface area contributed by atoms with Crippen LogP contribution in [0.1, 0.15) is 51.3 Å². The maximum atomic E-state index is 13.3. The predicted molar refractivity (Wildman–Crippen MR) is 165 cm³/mol. The number of aliphatic hydroxyl groups excluding tert-OH is 1. The van der Waals surface area contributed by atoms with Crippen LogP contribution in [-0.2, 0) is 9.53 Å². The van der Waals surface area contributed by atoms with E-state index in [1.165, 1.54) is 7.11 Å². The molecular formula is C33H38N4O5. The first-order valence-electron chi connectivity index (χ1n) is 14.1. The van der Waals surface area contributed by atoms with Crippen molar-refractivity contribution in [3.63, 3.8) is 0 Å². The Morgan fingerprint density at radius 3 is 2.26 bits per heavy atom. The van der Waals surface area contributed by atoms with Gasteiger partial charge in [0.05, 0.1) is 36.2 Å². The normalized spacial score (nSPS) is 13.4. The Kier molecular flexibility index (Phi) is 10.1. The minimum atomic E-state index is -0.465. The van der Waals surface area contributed by atoms with E-state index in [-0.39, 0.29) is 18.4 Å². The molecular weight excluding hydrogens is 532 g/mol. The van der Waals surface area contributed by atoms with E-state index in [0.717, 1.165) is 12.1 Å². The molecule has 0 radical (unpaired) electrons.